The summed E-state index contributed by atoms with van der Waals surface area (Å²) in [7, 11) is 0. The zero-order valence-electron chi connectivity index (χ0n) is 14.0. The van der Waals surface area contributed by atoms with E-state index in [0.29, 0.717) is 21.3 Å². The molecule has 0 aliphatic heterocycles. The van der Waals surface area contributed by atoms with Crippen LogP contribution in [-0.4, -0.2) is 26.8 Å². The number of hydrogen-bond acceptors (Lipinski definition) is 3. The molecule has 1 unspecified atom stereocenters. The first-order chi connectivity index (χ1) is 12.9. The van der Waals surface area contributed by atoms with E-state index in [2.05, 4.69) is 10.4 Å². The second kappa shape index (κ2) is 8.24. The summed E-state index contributed by atoms with van der Waals surface area (Å²) < 4.78 is 1.52. The molecule has 0 saturated carbocycles. The molecule has 27 heavy (non-hydrogen) atoms. The van der Waals surface area contributed by atoms with E-state index in [1.807, 2.05) is 6.07 Å². The first-order valence-electron chi connectivity index (χ1n) is 8.02. The summed E-state index contributed by atoms with van der Waals surface area (Å²) >= 11 is 11.8. The third-order valence-electron chi connectivity index (χ3n) is 3.85. The van der Waals surface area contributed by atoms with Crippen LogP contribution < -0.4 is 5.32 Å². The van der Waals surface area contributed by atoms with Gasteiger partial charge < -0.3 is 10.4 Å². The van der Waals surface area contributed by atoms with E-state index in [1.165, 1.54) is 4.68 Å². The Hall–Kier alpha value is -2.83. The fourth-order valence-electron chi connectivity index (χ4n) is 2.56. The number of carboxylic acid groups (broad SMARTS) is 1. The van der Waals surface area contributed by atoms with Gasteiger partial charge in [-0.2, -0.15) is 5.10 Å². The van der Waals surface area contributed by atoms with Crippen molar-refractivity contribution in [3.63, 3.8) is 0 Å². The monoisotopic (exact) mass is 403 g/mol. The number of nitrogens with one attached hydrogen (secondary N) is 1. The van der Waals surface area contributed by atoms with E-state index in [4.69, 9.17) is 28.3 Å². The van der Waals surface area contributed by atoms with Gasteiger partial charge in [0.15, 0.2) is 5.69 Å². The fourth-order valence-corrected chi connectivity index (χ4v) is 2.87. The lowest BCUT2D eigenvalue weighted by molar-refractivity contribution is -0.137. The van der Waals surface area contributed by atoms with Crippen molar-refractivity contribution in [3.05, 3.63) is 82.1 Å². The number of aliphatic carboxylic acids is 1. The van der Waals surface area contributed by atoms with Crippen LogP contribution in [0.1, 0.15) is 28.5 Å². The second-order valence-corrected chi connectivity index (χ2v) is 6.67. The number of benzene rings is 2. The molecule has 2 aromatic carbocycles. The van der Waals surface area contributed by atoms with E-state index in [0.717, 1.165) is 0 Å². The minimum Gasteiger partial charge on any atom is -0.481 e. The Morgan fingerprint density at radius 2 is 1.81 bits per heavy atom. The fraction of sp³-hybridized carbons (Fsp3) is 0.105. The zero-order valence-corrected chi connectivity index (χ0v) is 15.5. The van der Waals surface area contributed by atoms with Crippen LogP contribution in [0.5, 0.6) is 0 Å². The van der Waals surface area contributed by atoms with E-state index in [-0.39, 0.29) is 12.1 Å². The van der Waals surface area contributed by atoms with E-state index in [1.54, 1.807) is 54.7 Å². The normalized spacial score (nSPS) is 11.8. The largest absolute Gasteiger partial charge is 0.481 e. The lowest BCUT2D eigenvalue weighted by Crippen LogP contribution is -2.30. The maximum absolute atomic E-state index is 12.6. The van der Waals surface area contributed by atoms with Crippen LogP contribution >= 0.6 is 23.2 Å². The molecule has 0 radical (unpaired) electrons. The molecule has 1 heterocycles. The van der Waals surface area contributed by atoms with Crippen molar-refractivity contribution in [2.75, 3.05) is 0 Å². The summed E-state index contributed by atoms with van der Waals surface area (Å²) in [5.74, 6) is -1.50. The minimum atomic E-state index is -1.03. The van der Waals surface area contributed by atoms with Crippen LogP contribution in [0.2, 0.25) is 10.0 Å². The number of rotatable bonds is 6. The topological polar surface area (TPSA) is 84.2 Å². The summed E-state index contributed by atoms with van der Waals surface area (Å²) in [5, 5.41) is 17.2. The number of hydrogen-bond donors (Lipinski definition) is 2. The van der Waals surface area contributed by atoms with Gasteiger partial charge in [0.2, 0.25) is 0 Å². The van der Waals surface area contributed by atoms with Gasteiger partial charge in [-0.15, -0.1) is 0 Å². The number of nitrogens with zero attached hydrogens (tertiary/aromatic N) is 2. The third-order valence-corrected chi connectivity index (χ3v) is 4.34. The van der Waals surface area contributed by atoms with E-state index in [9.17, 15) is 9.59 Å². The molecule has 1 amide bonds. The van der Waals surface area contributed by atoms with Crippen molar-refractivity contribution < 1.29 is 14.7 Å². The molecule has 3 aromatic rings. The minimum absolute atomic E-state index is 0.166. The van der Waals surface area contributed by atoms with Crippen LogP contribution in [0.15, 0.2) is 60.8 Å². The average Bonchev–Trinajstić information content (AvgIpc) is 3.12. The van der Waals surface area contributed by atoms with Crippen LogP contribution in [0.3, 0.4) is 0 Å². The van der Waals surface area contributed by atoms with Crippen molar-refractivity contribution in [1.82, 2.24) is 15.1 Å². The molecule has 0 saturated heterocycles. The molecule has 0 aliphatic carbocycles. The molecule has 8 heteroatoms. The highest BCUT2D eigenvalue weighted by atomic mass is 35.5. The maximum atomic E-state index is 12.6. The molecule has 0 bridgehead atoms. The van der Waals surface area contributed by atoms with Gasteiger partial charge in [0.1, 0.15) is 0 Å². The number of carbonyl (C=O) groups excluding carboxylic acids is 1. The Morgan fingerprint density at radius 1 is 1.07 bits per heavy atom. The molecule has 2 N–H and O–H groups in total. The smallest absolute Gasteiger partial charge is 0.305 e. The molecule has 1 atom stereocenters. The van der Waals surface area contributed by atoms with Crippen LogP contribution in [-0.2, 0) is 4.79 Å². The molecular formula is C19H15Cl2N3O3. The molecule has 0 spiro atoms. The van der Waals surface area contributed by atoms with Gasteiger partial charge in [0.25, 0.3) is 5.91 Å². The Bertz CT molecular complexity index is 970. The summed E-state index contributed by atoms with van der Waals surface area (Å²) in [4.78, 5) is 23.7. The molecule has 0 aliphatic rings. The number of carboxylic acids is 1. The van der Waals surface area contributed by atoms with Crippen molar-refractivity contribution in [3.8, 4) is 5.69 Å². The number of aromatic nitrogens is 2. The van der Waals surface area contributed by atoms with Gasteiger partial charge in [-0.3, -0.25) is 9.59 Å². The number of carbonyl (C=O) groups is 2. The predicted octanol–water partition coefficient (Wildman–Crippen LogP) is 4.12. The summed E-state index contributed by atoms with van der Waals surface area (Å²) in [5.41, 5.74) is 1.52. The van der Waals surface area contributed by atoms with E-state index < -0.39 is 17.9 Å². The predicted molar refractivity (Wildman–Crippen MR) is 102 cm³/mol. The van der Waals surface area contributed by atoms with E-state index >= 15 is 0 Å². The van der Waals surface area contributed by atoms with Crippen molar-refractivity contribution in [2.45, 2.75) is 12.5 Å². The van der Waals surface area contributed by atoms with Gasteiger partial charge in [-0.25, -0.2) is 4.68 Å². The Kier molecular flexibility index (Phi) is 5.78. The Labute approximate surface area is 165 Å². The Balaban J connectivity index is 1.79. The van der Waals surface area contributed by atoms with Crippen LogP contribution in [0.4, 0.5) is 0 Å². The summed E-state index contributed by atoms with van der Waals surface area (Å²) in [6.45, 7) is 0. The quantitative estimate of drug-likeness (QED) is 0.647. The standard InChI is InChI=1S/C19H15Cl2N3O3/c20-13-6-4-12(5-7-13)17(11-18(25)26)22-19(27)16-8-9-24(23-16)15-3-1-2-14(21)10-15/h1-10,17H,11H2,(H,22,27)(H,25,26). The molecule has 1 aromatic heterocycles. The summed E-state index contributed by atoms with van der Waals surface area (Å²) in [6.07, 6.45) is 1.37. The maximum Gasteiger partial charge on any atom is 0.305 e. The van der Waals surface area contributed by atoms with Gasteiger partial charge >= 0.3 is 5.97 Å². The molecule has 3 rings (SSSR count). The highest BCUT2D eigenvalue weighted by Gasteiger charge is 2.20. The second-order valence-electron chi connectivity index (χ2n) is 5.80. The Morgan fingerprint density at radius 3 is 2.48 bits per heavy atom. The highest BCUT2D eigenvalue weighted by molar-refractivity contribution is 6.30. The summed E-state index contributed by atoms with van der Waals surface area (Å²) in [6, 6.07) is 14.5. The highest BCUT2D eigenvalue weighted by Crippen LogP contribution is 2.20. The first-order valence-corrected chi connectivity index (χ1v) is 8.78. The third kappa shape index (κ3) is 4.87. The van der Waals surface area contributed by atoms with Gasteiger partial charge in [0, 0.05) is 16.2 Å². The van der Waals surface area contributed by atoms with Crippen LogP contribution in [0.25, 0.3) is 5.69 Å². The van der Waals surface area contributed by atoms with Gasteiger partial charge in [-0.1, -0.05) is 41.4 Å². The lowest BCUT2D eigenvalue weighted by atomic mass is 10.0. The van der Waals surface area contributed by atoms with Crippen molar-refractivity contribution in [2.24, 2.45) is 0 Å². The van der Waals surface area contributed by atoms with Gasteiger partial charge in [-0.05, 0) is 42.0 Å². The van der Waals surface area contributed by atoms with Crippen molar-refractivity contribution in [1.29, 1.82) is 0 Å². The SMILES string of the molecule is O=C(O)CC(NC(=O)c1ccn(-c2cccc(Cl)c2)n1)c1ccc(Cl)cc1. The lowest BCUT2D eigenvalue weighted by Gasteiger charge is -2.17. The first kappa shape index (κ1) is 18.9. The zero-order chi connectivity index (χ0) is 19.4. The molecule has 0 fully saturated rings. The molecule has 6 nitrogen and oxygen atoms in total. The number of halogens is 2. The van der Waals surface area contributed by atoms with Crippen LogP contribution in [0, 0.1) is 0 Å². The number of amides is 1. The molecular weight excluding hydrogens is 389 g/mol. The van der Waals surface area contributed by atoms with Gasteiger partial charge in [0.05, 0.1) is 18.2 Å². The molecule has 138 valence electrons. The van der Waals surface area contributed by atoms with Crippen molar-refractivity contribution >= 4 is 35.1 Å². The average molecular weight is 404 g/mol.